The van der Waals surface area contributed by atoms with Gasteiger partial charge in [0.05, 0.1) is 22.9 Å². The number of hydrogen-bond acceptors (Lipinski definition) is 4. The number of hydrogen-bond donors (Lipinski definition) is 1. The fourth-order valence-electron chi connectivity index (χ4n) is 3.83. The number of nitrogen functional groups attached to an aromatic ring is 1. The van der Waals surface area contributed by atoms with Crippen molar-refractivity contribution in [1.29, 1.82) is 0 Å². The molecule has 9 heteroatoms. The van der Waals surface area contributed by atoms with E-state index in [4.69, 9.17) is 5.73 Å². The number of alkyl halides is 3. The van der Waals surface area contributed by atoms with Gasteiger partial charge in [0.15, 0.2) is 5.82 Å². The van der Waals surface area contributed by atoms with E-state index in [1.54, 1.807) is 6.33 Å². The Morgan fingerprint density at radius 3 is 2.50 bits per heavy atom. The van der Waals surface area contributed by atoms with Crippen molar-refractivity contribution in [3.63, 3.8) is 0 Å². The molecule has 1 amide bonds. The second-order valence-electron chi connectivity index (χ2n) is 7.57. The summed E-state index contributed by atoms with van der Waals surface area (Å²) in [4.78, 5) is 22.4. The quantitative estimate of drug-likeness (QED) is 0.426. The highest BCUT2D eigenvalue weighted by Gasteiger charge is 2.30. The minimum atomic E-state index is -4.41. The molecule has 4 aromatic rings. The number of benzene rings is 2. The number of nitrogens with zero attached hydrogens (tertiary/aromatic N) is 4. The summed E-state index contributed by atoms with van der Waals surface area (Å²) in [6.07, 6.45) is -1.27. The number of para-hydroxylation sites is 1. The summed E-state index contributed by atoms with van der Waals surface area (Å²) < 4.78 is 40.4. The van der Waals surface area contributed by atoms with Gasteiger partial charge in [-0.05, 0) is 43.2 Å². The fraction of sp³-hybridized carbons (Fsp3) is 0.261. The fourth-order valence-corrected chi connectivity index (χ4v) is 3.83. The van der Waals surface area contributed by atoms with Gasteiger partial charge in [0.25, 0.3) is 0 Å². The maximum Gasteiger partial charge on any atom is 0.416 e. The number of carbonyl (C=O) groups is 1. The number of halogens is 3. The van der Waals surface area contributed by atoms with E-state index < -0.39 is 11.7 Å². The molecule has 166 valence electrons. The van der Waals surface area contributed by atoms with Gasteiger partial charge in [-0.1, -0.05) is 18.2 Å². The van der Waals surface area contributed by atoms with Gasteiger partial charge in [-0.15, -0.1) is 0 Å². The lowest BCUT2D eigenvalue weighted by Crippen LogP contribution is -2.29. The first-order valence-electron chi connectivity index (χ1n) is 10.2. The topological polar surface area (TPSA) is 77.0 Å². The van der Waals surface area contributed by atoms with Crippen LogP contribution in [0.2, 0.25) is 0 Å². The van der Waals surface area contributed by atoms with Gasteiger partial charge in [-0.2, -0.15) is 13.2 Å². The molecule has 0 radical (unpaired) electrons. The highest BCUT2D eigenvalue weighted by molar-refractivity contribution is 6.06. The molecule has 4 rings (SSSR count). The van der Waals surface area contributed by atoms with E-state index >= 15 is 0 Å². The molecule has 2 heterocycles. The Balaban J connectivity index is 1.46. The first-order valence-corrected chi connectivity index (χ1v) is 10.2. The molecule has 0 fully saturated rings. The van der Waals surface area contributed by atoms with E-state index in [-0.39, 0.29) is 5.91 Å². The van der Waals surface area contributed by atoms with Crippen LogP contribution >= 0.6 is 0 Å². The van der Waals surface area contributed by atoms with Gasteiger partial charge in [-0.25, -0.2) is 9.97 Å². The van der Waals surface area contributed by atoms with E-state index in [1.165, 1.54) is 24.0 Å². The number of aryl methyl sites for hydroxylation is 1. The van der Waals surface area contributed by atoms with Crippen molar-refractivity contribution in [2.45, 2.75) is 32.5 Å². The van der Waals surface area contributed by atoms with Crippen molar-refractivity contribution >= 4 is 39.3 Å². The van der Waals surface area contributed by atoms with Gasteiger partial charge in [-0.3, -0.25) is 4.79 Å². The van der Waals surface area contributed by atoms with Crippen LogP contribution in [-0.4, -0.2) is 27.0 Å². The second kappa shape index (κ2) is 8.49. The molecule has 32 heavy (non-hydrogen) atoms. The molecule has 0 aliphatic carbocycles. The highest BCUT2D eigenvalue weighted by Crippen LogP contribution is 2.31. The Kier molecular flexibility index (Phi) is 5.73. The Morgan fingerprint density at radius 1 is 1.09 bits per heavy atom. The average Bonchev–Trinajstić information content (AvgIpc) is 3.18. The van der Waals surface area contributed by atoms with Crippen LogP contribution in [0.4, 0.5) is 24.7 Å². The third-order valence-electron chi connectivity index (χ3n) is 5.40. The molecular formula is C23H22F3N5O. The number of nitrogens with two attached hydrogens (primary N) is 1. The predicted octanol–water partition coefficient (Wildman–Crippen LogP) is 5.02. The summed E-state index contributed by atoms with van der Waals surface area (Å²) in [5.41, 5.74) is 8.14. The lowest BCUT2D eigenvalue weighted by Gasteiger charge is -2.22. The molecule has 0 saturated heterocycles. The summed E-state index contributed by atoms with van der Waals surface area (Å²) in [5.74, 6) is 0.158. The number of unbranched alkanes of at least 4 members (excludes halogenated alkanes) is 1. The Morgan fingerprint density at radius 2 is 1.81 bits per heavy atom. The van der Waals surface area contributed by atoms with Crippen molar-refractivity contribution in [3.8, 4) is 0 Å². The van der Waals surface area contributed by atoms with Crippen LogP contribution in [-0.2, 0) is 17.5 Å². The van der Waals surface area contributed by atoms with Crippen LogP contribution in [0.5, 0.6) is 0 Å². The third-order valence-corrected chi connectivity index (χ3v) is 5.40. The Bertz CT molecular complexity index is 1260. The third kappa shape index (κ3) is 4.23. The van der Waals surface area contributed by atoms with Crippen molar-refractivity contribution in [2.75, 3.05) is 17.2 Å². The van der Waals surface area contributed by atoms with Crippen LogP contribution in [0.3, 0.4) is 0 Å². The zero-order valence-electron chi connectivity index (χ0n) is 17.4. The lowest BCUT2D eigenvalue weighted by molar-refractivity contribution is -0.137. The van der Waals surface area contributed by atoms with E-state index in [0.29, 0.717) is 36.5 Å². The van der Waals surface area contributed by atoms with Crippen LogP contribution < -0.4 is 10.6 Å². The van der Waals surface area contributed by atoms with Gasteiger partial charge in [0, 0.05) is 31.1 Å². The molecule has 2 N–H and O–H groups in total. The number of aromatic nitrogens is 3. The van der Waals surface area contributed by atoms with E-state index in [0.717, 1.165) is 35.0 Å². The molecule has 6 nitrogen and oxygen atoms in total. The standard InChI is InChI=1S/C23H22F3N5O/c1-15(32)31(17-10-8-16(9-11-17)23(24,25)26)13-5-4-12-30-14-28-20-21(30)18-6-2-3-7-19(18)29-22(20)27/h2-3,6-11,14H,4-5,12-13H2,1H3,(H2,27,29). The molecule has 0 bridgehead atoms. The molecule has 0 atom stereocenters. The maximum absolute atomic E-state index is 12.8. The van der Waals surface area contributed by atoms with Gasteiger partial charge >= 0.3 is 6.18 Å². The zero-order chi connectivity index (χ0) is 22.9. The van der Waals surface area contributed by atoms with Gasteiger partial charge in [0.1, 0.15) is 5.52 Å². The smallest absolute Gasteiger partial charge is 0.382 e. The normalized spacial score (nSPS) is 11.9. The number of amides is 1. The SMILES string of the molecule is CC(=O)N(CCCCn1cnc2c(N)nc3ccccc3c21)c1ccc(C(F)(F)F)cc1. The van der Waals surface area contributed by atoms with Gasteiger partial charge < -0.3 is 15.2 Å². The monoisotopic (exact) mass is 441 g/mol. The molecular weight excluding hydrogens is 419 g/mol. The highest BCUT2D eigenvalue weighted by atomic mass is 19.4. The van der Waals surface area contributed by atoms with Crippen molar-refractivity contribution in [2.24, 2.45) is 0 Å². The molecule has 2 aromatic heterocycles. The largest absolute Gasteiger partial charge is 0.416 e. The number of anilines is 2. The number of fused-ring (bicyclic) bond motifs is 3. The minimum absolute atomic E-state index is 0.220. The van der Waals surface area contributed by atoms with Crippen molar-refractivity contribution < 1.29 is 18.0 Å². The van der Waals surface area contributed by atoms with Crippen molar-refractivity contribution in [3.05, 3.63) is 60.4 Å². The average molecular weight is 441 g/mol. The van der Waals surface area contributed by atoms with E-state index in [9.17, 15) is 18.0 Å². The zero-order valence-corrected chi connectivity index (χ0v) is 17.4. The minimum Gasteiger partial charge on any atom is -0.382 e. The summed E-state index contributed by atoms with van der Waals surface area (Å²) in [6.45, 7) is 2.46. The van der Waals surface area contributed by atoms with Crippen LogP contribution in [0.1, 0.15) is 25.3 Å². The molecule has 0 aliphatic heterocycles. The Labute approximate surface area is 182 Å². The lowest BCUT2D eigenvalue weighted by atomic mass is 10.1. The second-order valence-corrected chi connectivity index (χ2v) is 7.57. The van der Waals surface area contributed by atoms with Gasteiger partial charge in [0.2, 0.25) is 5.91 Å². The van der Waals surface area contributed by atoms with Crippen molar-refractivity contribution in [1.82, 2.24) is 14.5 Å². The summed E-state index contributed by atoms with van der Waals surface area (Å²) in [7, 11) is 0. The molecule has 0 saturated carbocycles. The maximum atomic E-state index is 12.8. The molecule has 0 unspecified atom stereocenters. The number of carbonyl (C=O) groups excluding carboxylic acids is 1. The summed E-state index contributed by atoms with van der Waals surface area (Å²) in [6, 6.07) is 12.4. The summed E-state index contributed by atoms with van der Waals surface area (Å²) >= 11 is 0. The molecule has 2 aromatic carbocycles. The van der Waals surface area contributed by atoms with E-state index in [2.05, 4.69) is 9.97 Å². The predicted molar refractivity (Wildman–Crippen MR) is 118 cm³/mol. The molecule has 0 spiro atoms. The summed E-state index contributed by atoms with van der Waals surface area (Å²) in [5, 5.41) is 0.962. The number of rotatable bonds is 6. The van der Waals surface area contributed by atoms with Crippen LogP contribution in [0.15, 0.2) is 54.9 Å². The first kappa shape index (κ1) is 21.6. The Hall–Kier alpha value is -3.62. The van der Waals surface area contributed by atoms with Crippen LogP contribution in [0.25, 0.3) is 21.9 Å². The van der Waals surface area contributed by atoms with E-state index in [1.807, 2.05) is 28.8 Å². The number of pyridine rings is 1. The molecule has 0 aliphatic rings. The first-order chi connectivity index (χ1) is 15.3. The number of imidazole rings is 1. The van der Waals surface area contributed by atoms with Crippen LogP contribution in [0, 0.1) is 0 Å².